The van der Waals surface area contributed by atoms with E-state index in [1.54, 1.807) is 0 Å². The van der Waals surface area contributed by atoms with Crippen LogP contribution in [0.15, 0.2) is 191 Å². The van der Waals surface area contributed by atoms with E-state index in [2.05, 4.69) is 249 Å². The number of aryl methyl sites for hydroxylation is 1. The van der Waals surface area contributed by atoms with Crippen molar-refractivity contribution in [3.8, 4) is 55.6 Å². The van der Waals surface area contributed by atoms with Gasteiger partial charge in [-0.05, 0) is 139 Å². The molecule has 0 spiro atoms. The Bertz CT molecular complexity index is 4600. The molecular weight excluding hydrogens is 923 g/mol. The third kappa shape index (κ3) is 5.38. The van der Waals surface area contributed by atoms with Gasteiger partial charge in [0.1, 0.15) is 22.3 Å². The minimum Gasteiger partial charge on any atom is -0.455 e. The van der Waals surface area contributed by atoms with Crippen molar-refractivity contribution in [1.29, 1.82) is 0 Å². The summed E-state index contributed by atoms with van der Waals surface area (Å²) in [7, 11) is 0. The molecule has 0 amide bonds. The normalized spacial score (nSPS) is 16.1. The molecule has 4 aliphatic rings. The van der Waals surface area contributed by atoms with Crippen LogP contribution in [0, 0.1) is 6.92 Å². The van der Waals surface area contributed by atoms with Crippen LogP contribution in [0.4, 0.5) is 17.1 Å². The van der Waals surface area contributed by atoms with E-state index in [1.807, 2.05) is 0 Å². The zero-order valence-corrected chi connectivity index (χ0v) is 44.6. The second-order valence-electron chi connectivity index (χ2n) is 24.4. The van der Waals surface area contributed by atoms with Crippen molar-refractivity contribution in [2.75, 3.05) is 4.90 Å². The van der Waals surface area contributed by atoms with Gasteiger partial charge in [-0.2, -0.15) is 0 Å². The topological polar surface area (TPSA) is 29.5 Å². The lowest BCUT2D eigenvalue weighted by atomic mass is 9.72. The summed E-state index contributed by atoms with van der Waals surface area (Å²) in [4.78, 5) is 2.59. The van der Waals surface area contributed by atoms with Crippen molar-refractivity contribution in [3.05, 3.63) is 232 Å². The molecule has 366 valence electrons. The van der Waals surface area contributed by atoms with E-state index in [0.717, 1.165) is 44.7 Å². The number of hydrogen-bond donors (Lipinski definition) is 0. The number of hydrogen-bond acceptors (Lipinski definition) is 3. The van der Waals surface area contributed by atoms with Gasteiger partial charge in [0.15, 0.2) is 0 Å². The summed E-state index contributed by atoms with van der Waals surface area (Å²) < 4.78 is 14.0. The molecular formula is C73H57NO2. The number of rotatable bonds is 4. The van der Waals surface area contributed by atoms with Crippen molar-refractivity contribution in [2.24, 2.45) is 0 Å². The minimum absolute atomic E-state index is 0.173. The lowest BCUT2D eigenvalue weighted by molar-refractivity contribution is 0.600. The summed E-state index contributed by atoms with van der Waals surface area (Å²) in [6, 6.07) is 68.3. The Labute approximate surface area is 444 Å². The van der Waals surface area contributed by atoms with E-state index in [-0.39, 0.29) is 21.7 Å². The van der Waals surface area contributed by atoms with E-state index in [1.165, 1.54) is 122 Å². The van der Waals surface area contributed by atoms with Gasteiger partial charge in [0.05, 0.1) is 5.69 Å². The number of para-hydroxylation sites is 2. The highest BCUT2D eigenvalue weighted by Gasteiger charge is 2.49. The molecule has 0 saturated heterocycles. The Morgan fingerprint density at radius 2 is 0.842 bits per heavy atom. The van der Waals surface area contributed by atoms with Gasteiger partial charge in [-0.3, -0.25) is 0 Å². The van der Waals surface area contributed by atoms with Gasteiger partial charge in [-0.1, -0.05) is 194 Å². The van der Waals surface area contributed by atoms with E-state index in [0.29, 0.717) is 0 Å². The minimum atomic E-state index is -0.356. The maximum Gasteiger partial charge on any atom is 0.144 e. The first-order valence-electron chi connectivity index (χ1n) is 27.2. The molecule has 12 aromatic rings. The van der Waals surface area contributed by atoms with E-state index in [4.69, 9.17) is 8.83 Å². The standard InChI is InChI=1S/C73H57NO2/c1-40-20-18-21-41(36-40)50-39-56-61(63-48-24-12-16-30-58(48)75-68(50)63)46-34-32-42(37-54(46)71(56,4)5)74(57-29-19-28-53-60(57)44-22-10-14-26-51(44)70(53,2)3)43-33-35-47-55(38-43)73(8,9)66-62(47)64-49-25-13-17-31-59(49)76-69(64)65-45-23-11-15-27-52(45)72(6,7)67(65)66/h10-39H,1-9H3. The zero-order chi connectivity index (χ0) is 51.5. The molecule has 0 unspecified atom stereocenters. The van der Waals surface area contributed by atoms with E-state index in [9.17, 15) is 0 Å². The van der Waals surface area contributed by atoms with Gasteiger partial charge in [-0.25, -0.2) is 0 Å². The Morgan fingerprint density at radius 1 is 0.342 bits per heavy atom. The van der Waals surface area contributed by atoms with Crippen molar-refractivity contribution >= 4 is 60.9 Å². The summed E-state index contributed by atoms with van der Waals surface area (Å²) in [5.74, 6) is 0. The number of benzene rings is 10. The first-order valence-corrected chi connectivity index (χ1v) is 27.2. The number of nitrogens with zero attached hydrogens (tertiary/aromatic N) is 1. The van der Waals surface area contributed by atoms with Crippen LogP contribution in [-0.2, 0) is 21.7 Å². The fourth-order valence-electron chi connectivity index (χ4n) is 15.3. The Kier molecular flexibility index (Phi) is 8.38. The van der Waals surface area contributed by atoms with E-state index < -0.39 is 0 Å². The molecule has 16 rings (SSSR count). The third-order valence-corrected chi connectivity index (χ3v) is 18.8. The van der Waals surface area contributed by atoms with Crippen molar-refractivity contribution < 1.29 is 8.83 Å². The molecule has 2 heterocycles. The lowest BCUT2D eigenvalue weighted by Crippen LogP contribution is -2.24. The highest BCUT2D eigenvalue weighted by Crippen LogP contribution is 2.65. The third-order valence-electron chi connectivity index (χ3n) is 18.8. The van der Waals surface area contributed by atoms with Gasteiger partial charge in [0.25, 0.3) is 0 Å². The molecule has 3 nitrogen and oxygen atoms in total. The summed E-state index contributed by atoms with van der Waals surface area (Å²) in [6.45, 7) is 21.6. The molecule has 0 N–H and O–H groups in total. The summed E-state index contributed by atoms with van der Waals surface area (Å²) in [6.07, 6.45) is 0. The van der Waals surface area contributed by atoms with Crippen LogP contribution in [-0.4, -0.2) is 0 Å². The predicted molar refractivity (Wildman–Crippen MR) is 316 cm³/mol. The van der Waals surface area contributed by atoms with Gasteiger partial charge in [0, 0.05) is 71.3 Å². The lowest BCUT2D eigenvalue weighted by Gasteiger charge is -2.32. The second kappa shape index (κ2) is 14.5. The van der Waals surface area contributed by atoms with Crippen LogP contribution in [0.3, 0.4) is 0 Å². The number of furan rings is 2. The molecule has 0 atom stereocenters. The van der Waals surface area contributed by atoms with Crippen LogP contribution < -0.4 is 4.90 Å². The molecule has 10 aromatic carbocycles. The Balaban J connectivity index is 0.955. The SMILES string of the molecule is Cc1cccc(-c2cc3c(c4c2oc2ccccc24)-c2ccc(N(c4ccc5c(c4)C(C)(C)c4c6c(c7oc8ccccc8c7c4-5)-c4ccccc4C6(C)C)c4cccc5c4-c4ccccc4C5(C)C)cc2C3(C)C)c1. The highest BCUT2D eigenvalue weighted by atomic mass is 16.3. The van der Waals surface area contributed by atoms with Crippen LogP contribution in [0.25, 0.3) is 99.5 Å². The van der Waals surface area contributed by atoms with Crippen LogP contribution in [0.5, 0.6) is 0 Å². The largest absolute Gasteiger partial charge is 0.455 e. The monoisotopic (exact) mass is 979 g/mol. The number of fused-ring (bicyclic) bond motifs is 22. The molecule has 0 saturated carbocycles. The smallest absolute Gasteiger partial charge is 0.144 e. The molecule has 3 heteroatoms. The fraction of sp³-hybridized carbons (Fsp3) is 0.178. The van der Waals surface area contributed by atoms with Gasteiger partial charge >= 0.3 is 0 Å². The number of anilines is 3. The molecule has 0 aliphatic heterocycles. The summed E-state index contributed by atoms with van der Waals surface area (Å²) >= 11 is 0. The quantitative estimate of drug-likeness (QED) is 0.176. The molecule has 4 aliphatic carbocycles. The Morgan fingerprint density at radius 3 is 1.53 bits per heavy atom. The maximum absolute atomic E-state index is 7.06. The maximum atomic E-state index is 7.06. The molecule has 0 fully saturated rings. The van der Waals surface area contributed by atoms with Crippen LogP contribution >= 0.6 is 0 Å². The van der Waals surface area contributed by atoms with Gasteiger partial charge < -0.3 is 13.7 Å². The van der Waals surface area contributed by atoms with Crippen molar-refractivity contribution in [2.45, 2.75) is 84.0 Å². The molecule has 76 heavy (non-hydrogen) atoms. The summed E-state index contributed by atoms with van der Waals surface area (Å²) in [5.41, 5.74) is 30.8. The van der Waals surface area contributed by atoms with Crippen LogP contribution in [0.2, 0.25) is 0 Å². The van der Waals surface area contributed by atoms with Gasteiger partial charge in [-0.15, -0.1) is 0 Å². The first-order chi connectivity index (χ1) is 36.7. The van der Waals surface area contributed by atoms with Gasteiger partial charge in [0.2, 0.25) is 0 Å². The van der Waals surface area contributed by atoms with Crippen molar-refractivity contribution in [3.63, 3.8) is 0 Å². The highest BCUT2D eigenvalue weighted by molar-refractivity contribution is 6.22. The second-order valence-corrected chi connectivity index (χ2v) is 24.4. The van der Waals surface area contributed by atoms with Crippen LogP contribution in [0.1, 0.15) is 105 Å². The molecule has 0 bridgehead atoms. The zero-order valence-electron chi connectivity index (χ0n) is 44.6. The van der Waals surface area contributed by atoms with E-state index >= 15 is 0 Å². The molecule has 0 radical (unpaired) electrons. The summed E-state index contributed by atoms with van der Waals surface area (Å²) in [5, 5.41) is 4.73. The predicted octanol–water partition coefficient (Wildman–Crippen LogP) is 20.2. The Hall–Kier alpha value is -8.40. The molecule has 2 aromatic heterocycles. The average molecular weight is 980 g/mol. The fourth-order valence-corrected chi connectivity index (χ4v) is 15.3. The van der Waals surface area contributed by atoms with Crippen molar-refractivity contribution in [1.82, 2.24) is 0 Å². The first kappa shape index (κ1) is 43.9. The average Bonchev–Trinajstić information content (AvgIpc) is 4.22.